The van der Waals surface area contributed by atoms with E-state index >= 15 is 0 Å². The van der Waals surface area contributed by atoms with Gasteiger partial charge >= 0.3 is 5.97 Å². The van der Waals surface area contributed by atoms with Crippen LogP contribution in [0.4, 0.5) is 11.4 Å². The molecule has 0 aliphatic carbocycles. The quantitative estimate of drug-likeness (QED) is 0.476. The summed E-state index contributed by atoms with van der Waals surface area (Å²) in [5, 5.41) is 22.7. The fourth-order valence-corrected chi connectivity index (χ4v) is 1.94. The lowest BCUT2D eigenvalue weighted by atomic mass is 9.99. The van der Waals surface area contributed by atoms with E-state index in [1.165, 1.54) is 18.2 Å². The van der Waals surface area contributed by atoms with E-state index in [0.717, 1.165) is 0 Å². The van der Waals surface area contributed by atoms with Crippen LogP contribution in [0.3, 0.4) is 0 Å². The van der Waals surface area contributed by atoms with Crippen molar-refractivity contribution in [3.63, 3.8) is 0 Å². The zero-order chi connectivity index (χ0) is 13.9. The molecular formula is C11H13IN2O4. The summed E-state index contributed by atoms with van der Waals surface area (Å²) in [5.41, 5.74) is -0.526. The van der Waals surface area contributed by atoms with Gasteiger partial charge in [-0.1, -0.05) is 6.92 Å². The SMILES string of the molecule is CCC(C)(Nc1ccc([N+](=O)[O-])cc1I)C(=O)O. The highest BCUT2D eigenvalue weighted by atomic mass is 127. The van der Waals surface area contributed by atoms with Crippen LogP contribution in [-0.2, 0) is 4.79 Å². The molecule has 0 fully saturated rings. The number of non-ortho nitro benzene ring substituents is 1. The Hall–Kier alpha value is -1.38. The standard InChI is InChI=1S/C11H13IN2O4/c1-3-11(2,10(15)16)13-9-5-4-7(14(17)18)6-8(9)12/h4-6,13H,3H2,1-2H3,(H,15,16). The molecule has 7 heteroatoms. The number of carboxylic acids is 1. The van der Waals surface area contributed by atoms with Crippen LogP contribution < -0.4 is 5.32 Å². The second-order valence-corrected chi connectivity index (χ2v) is 5.20. The molecule has 0 aromatic heterocycles. The number of nitrogens with zero attached hydrogens (tertiary/aromatic N) is 1. The van der Waals surface area contributed by atoms with Gasteiger partial charge in [0.25, 0.3) is 5.69 Å². The molecule has 18 heavy (non-hydrogen) atoms. The van der Waals surface area contributed by atoms with Crippen LogP contribution in [0, 0.1) is 13.7 Å². The van der Waals surface area contributed by atoms with Crippen molar-refractivity contribution in [1.29, 1.82) is 0 Å². The largest absolute Gasteiger partial charge is 0.480 e. The highest BCUT2D eigenvalue weighted by Gasteiger charge is 2.31. The molecule has 1 aromatic rings. The molecule has 0 aliphatic rings. The zero-order valence-corrected chi connectivity index (χ0v) is 12.1. The maximum Gasteiger partial charge on any atom is 0.329 e. The van der Waals surface area contributed by atoms with Gasteiger partial charge in [0, 0.05) is 21.4 Å². The van der Waals surface area contributed by atoms with E-state index in [4.69, 9.17) is 5.11 Å². The molecule has 1 atom stereocenters. The van der Waals surface area contributed by atoms with Crippen LogP contribution in [0.15, 0.2) is 18.2 Å². The van der Waals surface area contributed by atoms with Gasteiger partial charge in [0.05, 0.1) is 4.92 Å². The molecule has 6 nitrogen and oxygen atoms in total. The Bertz CT molecular complexity index is 492. The number of hydrogen-bond donors (Lipinski definition) is 2. The molecule has 1 rings (SSSR count). The molecule has 0 amide bonds. The Morgan fingerprint density at radius 3 is 2.61 bits per heavy atom. The molecule has 1 unspecified atom stereocenters. The third kappa shape index (κ3) is 3.09. The lowest BCUT2D eigenvalue weighted by Crippen LogP contribution is -2.42. The van der Waals surface area contributed by atoms with E-state index in [1.54, 1.807) is 13.8 Å². The summed E-state index contributed by atoms with van der Waals surface area (Å²) in [6, 6.07) is 4.28. The highest BCUT2D eigenvalue weighted by Crippen LogP contribution is 2.27. The number of rotatable bonds is 5. The molecule has 1 aromatic carbocycles. The van der Waals surface area contributed by atoms with Crippen LogP contribution in [0.5, 0.6) is 0 Å². The lowest BCUT2D eigenvalue weighted by molar-refractivity contribution is -0.384. The van der Waals surface area contributed by atoms with Gasteiger partial charge in [0.2, 0.25) is 0 Å². The van der Waals surface area contributed by atoms with E-state index in [0.29, 0.717) is 15.7 Å². The summed E-state index contributed by atoms with van der Waals surface area (Å²) in [6.45, 7) is 3.34. The monoisotopic (exact) mass is 364 g/mol. The predicted octanol–water partition coefficient (Wildman–Crippen LogP) is 2.86. The van der Waals surface area contributed by atoms with Gasteiger partial charge in [-0.05, 0) is 42.0 Å². The fourth-order valence-electron chi connectivity index (χ4n) is 1.31. The average Bonchev–Trinajstić information content (AvgIpc) is 2.31. The summed E-state index contributed by atoms with van der Waals surface area (Å²) in [4.78, 5) is 21.3. The number of nitrogens with one attached hydrogen (secondary N) is 1. The summed E-state index contributed by atoms with van der Waals surface area (Å²) in [7, 11) is 0. The predicted molar refractivity (Wildman–Crippen MR) is 75.8 cm³/mol. The van der Waals surface area contributed by atoms with Crippen molar-refractivity contribution in [3.8, 4) is 0 Å². The third-order valence-electron chi connectivity index (χ3n) is 2.75. The Morgan fingerprint density at radius 1 is 1.61 bits per heavy atom. The second-order valence-electron chi connectivity index (χ2n) is 4.04. The number of halogens is 1. The fraction of sp³-hybridized carbons (Fsp3) is 0.364. The van der Waals surface area contributed by atoms with Gasteiger partial charge in [-0.2, -0.15) is 0 Å². The minimum atomic E-state index is -1.09. The van der Waals surface area contributed by atoms with Crippen molar-refractivity contribution < 1.29 is 14.8 Å². The maximum absolute atomic E-state index is 11.2. The van der Waals surface area contributed by atoms with Crippen LogP contribution in [-0.4, -0.2) is 21.5 Å². The average molecular weight is 364 g/mol. The van der Waals surface area contributed by atoms with E-state index in [9.17, 15) is 14.9 Å². The van der Waals surface area contributed by atoms with Gasteiger partial charge < -0.3 is 10.4 Å². The number of carbonyl (C=O) groups is 1. The maximum atomic E-state index is 11.2. The number of nitro benzene ring substituents is 1. The number of hydrogen-bond acceptors (Lipinski definition) is 4. The van der Waals surface area contributed by atoms with Gasteiger partial charge in [0.15, 0.2) is 0 Å². The van der Waals surface area contributed by atoms with Gasteiger partial charge in [-0.15, -0.1) is 0 Å². The van der Waals surface area contributed by atoms with E-state index in [-0.39, 0.29) is 5.69 Å². The third-order valence-corrected chi connectivity index (χ3v) is 3.65. The molecule has 0 spiro atoms. The van der Waals surface area contributed by atoms with E-state index in [1.807, 2.05) is 22.6 Å². The first kappa shape index (κ1) is 14.7. The van der Waals surface area contributed by atoms with Crippen LogP contribution >= 0.6 is 22.6 Å². The first-order chi connectivity index (χ1) is 8.30. The van der Waals surface area contributed by atoms with Gasteiger partial charge in [-0.25, -0.2) is 4.79 Å². The zero-order valence-electron chi connectivity index (χ0n) is 9.94. The number of anilines is 1. The Balaban J connectivity index is 3.05. The first-order valence-corrected chi connectivity index (χ1v) is 6.33. The molecule has 98 valence electrons. The highest BCUT2D eigenvalue weighted by molar-refractivity contribution is 14.1. The topological polar surface area (TPSA) is 92.5 Å². The minimum Gasteiger partial charge on any atom is -0.480 e. The summed E-state index contributed by atoms with van der Waals surface area (Å²) >= 11 is 1.94. The second kappa shape index (κ2) is 5.51. The van der Waals surface area contributed by atoms with Gasteiger partial charge in [-0.3, -0.25) is 10.1 Å². The molecule has 0 aliphatic heterocycles. The van der Waals surface area contributed by atoms with Crippen LogP contribution in [0.1, 0.15) is 20.3 Å². The molecule has 0 saturated carbocycles. The molecule has 0 saturated heterocycles. The van der Waals surface area contributed by atoms with Crippen LogP contribution in [0.25, 0.3) is 0 Å². The summed E-state index contributed by atoms with van der Waals surface area (Å²) < 4.78 is 0.614. The Kier molecular flexibility index (Phi) is 4.49. The normalized spacial score (nSPS) is 13.7. The van der Waals surface area contributed by atoms with Crippen molar-refractivity contribution in [1.82, 2.24) is 0 Å². The van der Waals surface area contributed by atoms with Gasteiger partial charge in [0.1, 0.15) is 5.54 Å². The molecule has 0 heterocycles. The molecule has 0 bridgehead atoms. The van der Waals surface area contributed by atoms with Crippen LogP contribution in [0.2, 0.25) is 0 Å². The first-order valence-electron chi connectivity index (χ1n) is 5.25. The number of nitro groups is 1. The minimum absolute atomic E-state index is 0.0153. The molecular weight excluding hydrogens is 351 g/mol. The lowest BCUT2D eigenvalue weighted by Gasteiger charge is -2.26. The number of benzene rings is 1. The Morgan fingerprint density at radius 2 is 2.22 bits per heavy atom. The summed E-state index contributed by atoms with van der Waals surface area (Å²) in [5.74, 6) is -0.959. The van der Waals surface area contributed by atoms with Crippen molar-refractivity contribution in [2.75, 3.05) is 5.32 Å². The van der Waals surface area contributed by atoms with Crippen molar-refractivity contribution in [3.05, 3.63) is 31.9 Å². The van der Waals surface area contributed by atoms with Crippen molar-refractivity contribution >= 4 is 39.9 Å². The van der Waals surface area contributed by atoms with E-state index in [2.05, 4.69) is 5.32 Å². The summed E-state index contributed by atoms with van der Waals surface area (Å²) in [6.07, 6.45) is 0.398. The number of carboxylic acid groups (broad SMARTS) is 1. The van der Waals surface area contributed by atoms with E-state index < -0.39 is 16.4 Å². The Labute approximate surface area is 118 Å². The smallest absolute Gasteiger partial charge is 0.329 e. The number of aliphatic carboxylic acids is 1. The molecule has 2 N–H and O–H groups in total. The van der Waals surface area contributed by atoms with Crippen molar-refractivity contribution in [2.45, 2.75) is 25.8 Å². The molecule has 0 radical (unpaired) electrons. The van der Waals surface area contributed by atoms with Crippen molar-refractivity contribution in [2.24, 2.45) is 0 Å².